The third-order valence-electron chi connectivity index (χ3n) is 2.91. The van der Waals surface area contributed by atoms with Gasteiger partial charge in [0.15, 0.2) is 0 Å². The van der Waals surface area contributed by atoms with Gasteiger partial charge < -0.3 is 10.1 Å². The molecule has 20 heavy (non-hydrogen) atoms. The van der Waals surface area contributed by atoms with Gasteiger partial charge in [0.25, 0.3) is 0 Å². The van der Waals surface area contributed by atoms with Crippen molar-refractivity contribution in [1.29, 1.82) is 0 Å². The molecule has 1 aliphatic rings. The number of carbonyl (C=O) groups is 1. The van der Waals surface area contributed by atoms with Gasteiger partial charge in [-0.3, -0.25) is 0 Å². The molecule has 112 valence electrons. The molecule has 1 saturated carbocycles. The molecule has 7 heteroatoms. The molecule has 0 radical (unpaired) electrons. The Bertz CT molecular complexity index is 478. The molecule has 5 nitrogen and oxygen atoms in total. The first kappa shape index (κ1) is 14.7. The molecule has 0 unspecified atom stereocenters. The van der Waals surface area contributed by atoms with Crippen molar-refractivity contribution in [2.24, 2.45) is 5.92 Å². The zero-order valence-corrected chi connectivity index (χ0v) is 11.8. The van der Waals surface area contributed by atoms with Crippen LogP contribution in [0.25, 0.3) is 0 Å². The standard InChI is InChI=1S/C13H19F2N3O2/c1-13(2,3)20-12(19)16-10(8-4-5-8)9-6-7-18(17-9)11(14)15/h6-8,10-11H,4-5H2,1-3H3,(H,16,19)/t10-/m1/s1. The molecule has 1 N–H and O–H groups in total. The minimum atomic E-state index is -2.68. The summed E-state index contributed by atoms with van der Waals surface area (Å²) in [6.07, 6.45) is 2.55. The number of hydrogen-bond acceptors (Lipinski definition) is 3. The van der Waals surface area contributed by atoms with Crippen molar-refractivity contribution in [2.45, 2.75) is 51.8 Å². The number of halogens is 2. The maximum absolute atomic E-state index is 12.5. The van der Waals surface area contributed by atoms with Gasteiger partial charge in [-0.2, -0.15) is 13.9 Å². The van der Waals surface area contributed by atoms with E-state index < -0.39 is 18.2 Å². The predicted molar refractivity (Wildman–Crippen MR) is 68.3 cm³/mol. The summed E-state index contributed by atoms with van der Waals surface area (Å²) in [4.78, 5) is 11.8. The lowest BCUT2D eigenvalue weighted by Crippen LogP contribution is -2.36. The molecule has 2 rings (SSSR count). The van der Waals surface area contributed by atoms with Crippen molar-refractivity contribution >= 4 is 6.09 Å². The van der Waals surface area contributed by atoms with Gasteiger partial charge in [0.1, 0.15) is 5.60 Å². The van der Waals surface area contributed by atoms with Gasteiger partial charge in [0.2, 0.25) is 0 Å². The van der Waals surface area contributed by atoms with Crippen LogP contribution >= 0.6 is 0 Å². The molecule has 1 aromatic heterocycles. The van der Waals surface area contributed by atoms with Crippen LogP contribution in [0.4, 0.5) is 13.6 Å². The summed E-state index contributed by atoms with van der Waals surface area (Å²) >= 11 is 0. The van der Waals surface area contributed by atoms with Gasteiger partial charge in [-0.1, -0.05) is 0 Å². The van der Waals surface area contributed by atoms with Crippen LogP contribution < -0.4 is 5.32 Å². The van der Waals surface area contributed by atoms with Crippen LogP contribution in [0.2, 0.25) is 0 Å². The molecule has 0 saturated heterocycles. The van der Waals surface area contributed by atoms with Gasteiger partial charge in [-0.25, -0.2) is 9.48 Å². The molecule has 1 atom stereocenters. The Morgan fingerprint density at radius 2 is 2.15 bits per heavy atom. The van der Waals surface area contributed by atoms with E-state index in [4.69, 9.17) is 4.74 Å². The van der Waals surface area contributed by atoms with Crippen molar-refractivity contribution in [3.05, 3.63) is 18.0 Å². The lowest BCUT2D eigenvalue weighted by Gasteiger charge is -2.22. The number of nitrogens with one attached hydrogen (secondary N) is 1. The summed E-state index contributed by atoms with van der Waals surface area (Å²) in [5, 5.41) is 6.54. The van der Waals surface area contributed by atoms with Crippen molar-refractivity contribution in [2.75, 3.05) is 0 Å². The largest absolute Gasteiger partial charge is 0.444 e. The highest BCUT2D eigenvalue weighted by Crippen LogP contribution is 2.40. The molecule has 1 fully saturated rings. The van der Waals surface area contributed by atoms with Crippen molar-refractivity contribution in [1.82, 2.24) is 15.1 Å². The van der Waals surface area contributed by atoms with Gasteiger partial charge >= 0.3 is 12.6 Å². The Labute approximate surface area is 116 Å². The summed E-state index contributed by atoms with van der Waals surface area (Å²) in [5.41, 5.74) is -0.154. The normalized spacial score (nSPS) is 17.1. The summed E-state index contributed by atoms with van der Waals surface area (Å²) in [6.45, 7) is 2.63. The maximum atomic E-state index is 12.5. The minimum Gasteiger partial charge on any atom is -0.444 e. The number of carbonyl (C=O) groups excluding carboxylic acids is 1. The fourth-order valence-electron chi connectivity index (χ4n) is 1.92. The van der Waals surface area contributed by atoms with Crippen molar-refractivity contribution in [3.8, 4) is 0 Å². The molecule has 0 spiro atoms. The monoisotopic (exact) mass is 287 g/mol. The van der Waals surface area contributed by atoms with Crippen molar-refractivity contribution in [3.63, 3.8) is 0 Å². The van der Waals surface area contributed by atoms with E-state index in [0.717, 1.165) is 12.8 Å². The number of aromatic nitrogens is 2. The molecule has 0 aliphatic heterocycles. The number of ether oxygens (including phenoxy) is 1. The van der Waals surface area contributed by atoms with E-state index in [0.29, 0.717) is 10.4 Å². The first-order chi connectivity index (χ1) is 9.26. The van der Waals surface area contributed by atoms with Crippen LogP contribution in [-0.4, -0.2) is 21.5 Å². The number of amides is 1. The molecular formula is C13H19F2N3O2. The quantitative estimate of drug-likeness (QED) is 0.924. The number of alkyl carbamates (subject to hydrolysis) is 1. The van der Waals surface area contributed by atoms with Crippen LogP contribution in [0.5, 0.6) is 0 Å². The average Bonchev–Trinajstić information content (AvgIpc) is 3.00. The highest BCUT2D eigenvalue weighted by atomic mass is 19.3. The third-order valence-corrected chi connectivity index (χ3v) is 2.91. The zero-order valence-electron chi connectivity index (χ0n) is 11.8. The Kier molecular flexibility index (Phi) is 3.96. The first-order valence-electron chi connectivity index (χ1n) is 6.59. The lowest BCUT2D eigenvalue weighted by molar-refractivity contribution is 0.0490. The second-order valence-electron chi connectivity index (χ2n) is 5.96. The molecule has 1 aromatic rings. The number of rotatable bonds is 4. The highest BCUT2D eigenvalue weighted by Gasteiger charge is 2.36. The topological polar surface area (TPSA) is 56.1 Å². The lowest BCUT2D eigenvalue weighted by atomic mass is 10.1. The van der Waals surface area contributed by atoms with E-state index in [2.05, 4.69) is 10.4 Å². The molecular weight excluding hydrogens is 268 g/mol. The van der Waals surface area contributed by atoms with Crippen LogP contribution in [0.3, 0.4) is 0 Å². The van der Waals surface area contributed by atoms with Gasteiger partial charge in [-0.15, -0.1) is 0 Å². The van der Waals surface area contributed by atoms with E-state index in [1.807, 2.05) is 0 Å². The van der Waals surface area contributed by atoms with Crippen molar-refractivity contribution < 1.29 is 18.3 Å². The summed E-state index contributed by atoms with van der Waals surface area (Å²) < 4.78 is 30.8. The first-order valence-corrected chi connectivity index (χ1v) is 6.59. The Morgan fingerprint density at radius 3 is 2.60 bits per heavy atom. The Balaban J connectivity index is 2.05. The molecule has 1 heterocycles. The van der Waals surface area contributed by atoms with Crippen LogP contribution in [0, 0.1) is 5.92 Å². The van der Waals surface area contributed by atoms with Crippen LogP contribution in [-0.2, 0) is 4.74 Å². The Hall–Kier alpha value is -1.66. The van der Waals surface area contributed by atoms with Crippen LogP contribution in [0.15, 0.2) is 12.3 Å². The van der Waals surface area contributed by atoms with E-state index in [1.165, 1.54) is 12.3 Å². The predicted octanol–water partition coefficient (Wildman–Crippen LogP) is 3.25. The summed E-state index contributed by atoms with van der Waals surface area (Å²) in [7, 11) is 0. The molecule has 1 amide bonds. The van der Waals surface area contributed by atoms with E-state index in [9.17, 15) is 13.6 Å². The second kappa shape index (κ2) is 5.38. The Morgan fingerprint density at radius 1 is 1.50 bits per heavy atom. The zero-order chi connectivity index (χ0) is 14.9. The second-order valence-corrected chi connectivity index (χ2v) is 5.96. The number of hydrogen-bond donors (Lipinski definition) is 1. The molecule has 1 aliphatic carbocycles. The fraction of sp³-hybridized carbons (Fsp3) is 0.692. The van der Waals surface area contributed by atoms with Gasteiger partial charge in [0, 0.05) is 6.20 Å². The van der Waals surface area contributed by atoms with Crippen LogP contribution in [0.1, 0.15) is 51.9 Å². The van der Waals surface area contributed by atoms with E-state index in [1.54, 1.807) is 20.8 Å². The van der Waals surface area contributed by atoms with Gasteiger partial charge in [0.05, 0.1) is 11.7 Å². The average molecular weight is 287 g/mol. The number of alkyl halides is 2. The maximum Gasteiger partial charge on any atom is 0.408 e. The summed E-state index contributed by atoms with van der Waals surface area (Å²) in [5.74, 6) is 0.239. The summed E-state index contributed by atoms with van der Waals surface area (Å²) in [6, 6.07) is 1.14. The molecule has 0 aromatic carbocycles. The van der Waals surface area contributed by atoms with E-state index in [-0.39, 0.29) is 12.0 Å². The molecule has 0 bridgehead atoms. The SMILES string of the molecule is CC(C)(C)OC(=O)N[C@@H](c1ccn(C(F)F)n1)C1CC1. The van der Waals surface area contributed by atoms with E-state index >= 15 is 0 Å². The fourth-order valence-corrected chi connectivity index (χ4v) is 1.92. The number of nitrogens with zero attached hydrogens (tertiary/aromatic N) is 2. The third kappa shape index (κ3) is 3.91. The smallest absolute Gasteiger partial charge is 0.408 e. The van der Waals surface area contributed by atoms with Gasteiger partial charge in [-0.05, 0) is 45.6 Å². The minimum absolute atomic E-state index is 0.239. The highest BCUT2D eigenvalue weighted by molar-refractivity contribution is 5.68.